The second-order valence-corrected chi connectivity index (χ2v) is 3.90. The summed E-state index contributed by atoms with van der Waals surface area (Å²) in [4.78, 5) is 0. The molecule has 0 bridgehead atoms. The van der Waals surface area contributed by atoms with E-state index < -0.39 is 0 Å². The first-order chi connectivity index (χ1) is 7.25. The standard InChI is InChI=1S/C13H20O2/c1-11(2)13-7-5-4-6-12(13)10-15-9-8-14-3/h4-7,11H,8-10H2,1-3H3. The van der Waals surface area contributed by atoms with E-state index in [1.165, 1.54) is 11.1 Å². The van der Waals surface area contributed by atoms with Crippen molar-refractivity contribution in [3.63, 3.8) is 0 Å². The minimum atomic E-state index is 0.548. The SMILES string of the molecule is COCCOCc1ccccc1C(C)C. The van der Waals surface area contributed by atoms with Crippen molar-refractivity contribution in [2.75, 3.05) is 20.3 Å². The molecule has 0 aromatic heterocycles. The molecule has 15 heavy (non-hydrogen) atoms. The Labute approximate surface area is 92.2 Å². The highest BCUT2D eigenvalue weighted by atomic mass is 16.5. The third-order valence-corrected chi connectivity index (χ3v) is 2.37. The van der Waals surface area contributed by atoms with Crippen LogP contribution in [0.2, 0.25) is 0 Å². The fraction of sp³-hybridized carbons (Fsp3) is 0.538. The van der Waals surface area contributed by atoms with E-state index in [9.17, 15) is 0 Å². The molecule has 0 aliphatic carbocycles. The molecule has 0 N–H and O–H groups in total. The van der Waals surface area contributed by atoms with E-state index in [1.54, 1.807) is 7.11 Å². The normalized spacial score (nSPS) is 10.9. The molecule has 1 aromatic rings. The summed E-state index contributed by atoms with van der Waals surface area (Å²) in [6.45, 7) is 6.40. The quantitative estimate of drug-likeness (QED) is 0.669. The molecule has 0 radical (unpaired) electrons. The van der Waals surface area contributed by atoms with Gasteiger partial charge in [-0.15, -0.1) is 0 Å². The zero-order chi connectivity index (χ0) is 11.1. The second-order valence-electron chi connectivity index (χ2n) is 3.90. The Balaban J connectivity index is 2.52. The Kier molecular flexibility index (Phi) is 5.37. The van der Waals surface area contributed by atoms with Gasteiger partial charge in [0.15, 0.2) is 0 Å². The molecule has 0 spiro atoms. The number of ether oxygens (including phenoxy) is 2. The Morgan fingerprint density at radius 3 is 2.53 bits per heavy atom. The Morgan fingerprint density at radius 2 is 1.87 bits per heavy atom. The lowest BCUT2D eigenvalue weighted by atomic mass is 9.98. The first-order valence-electron chi connectivity index (χ1n) is 5.40. The molecule has 0 atom stereocenters. The van der Waals surface area contributed by atoms with Crippen molar-refractivity contribution in [2.24, 2.45) is 0 Å². The Morgan fingerprint density at radius 1 is 1.13 bits per heavy atom. The largest absolute Gasteiger partial charge is 0.382 e. The molecule has 0 saturated heterocycles. The number of hydrogen-bond acceptors (Lipinski definition) is 2. The van der Waals surface area contributed by atoms with Crippen LogP contribution in [-0.4, -0.2) is 20.3 Å². The second kappa shape index (κ2) is 6.59. The van der Waals surface area contributed by atoms with Gasteiger partial charge in [0.2, 0.25) is 0 Å². The number of benzene rings is 1. The van der Waals surface area contributed by atoms with Crippen molar-refractivity contribution in [1.82, 2.24) is 0 Å². The molecular weight excluding hydrogens is 188 g/mol. The van der Waals surface area contributed by atoms with Crippen molar-refractivity contribution in [3.8, 4) is 0 Å². The van der Waals surface area contributed by atoms with E-state index >= 15 is 0 Å². The van der Waals surface area contributed by atoms with Crippen LogP contribution in [0.5, 0.6) is 0 Å². The third-order valence-electron chi connectivity index (χ3n) is 2.37. The van der Waals surface area contributed by atoms with E-state index in [2.05, 4.69) is 38.1 Å². The van der Waals surface area contributed by atoms with Crippen molar-refractivity contribution < 1.29 is 9.47 Å². The van der Waals surface area contributed by atoms with Crippen LogP contribution in [-0.2, 0) is 16.1 Å². The average Bonchev–Trinajstić information content (AvgIpc) is 2.25. The van der Waals surface area contributed by atoms with Crippen LogP contribution in [0.1, 0.15) is 30.9 Å². The molecular formula is C13H20O2. The summed E-state index contributed by atoms with van der Waals surface area (Å²) in [5.74, 6) is 0.548. The van der Waals surface area contributed by atoms with Gasteiger partial charge in [0, 0.05) is 7.11 Å². The van der Waals surface area contributed by atoms with Crippen molar-refractivity contribution in [3.05, 3.63) is 35.4 Å². The predicted octanol–water partition coefficient (Wildman–Crippen LogP) is 2.97. The van der Waals surface area contributed by atoms with Crippen LogP contribution >= 0.6 is 0 Å². The minimum absolute atomic E-state index is 0.548. The highest BCUT2D eigenvalue weighted by Crippen LogP contribution is 2.19. The first kappa shape index (κ1) is 12.2. The first-order valence-corrected chi connectivity index (χ1v) is 5.40. The molecule has 0 aliphatic rings. The zero-order valence-electron chi connectivity index (χ0n) is 9.82. The van der Waals surface area contributed by atoms with Gasteiger partial charge >= 0.3 is 0 Å². The van der Waals surface area contributed by atoms with E-state index in [4.69, 9.17) is 9.47 Å². The van der Waals surface area contributed by atoms with Crippen LogP contribution in [0.4, 0.5) is 0 Å². The van der Waals surface area contributed by atoms with Gasteiger partial charge in [-0.3, -0.25) is 0 Å². The van der Waals surface area contributed by atoms with Crippen LogP contribution < -0.4 is 0 Å². The van der Waals surface area contributed by atoms with E-state index in [-0.39, 0.29) is 0 Å². The monoisotopic (exact) mass is 208 g/mol. The predicted molar refractivity (Wildman–Crippen MR) is 62.1 cm³/mol. The maximum absolute atomic E-state index is 5.53. The summed E-state index contributed by atoms with van der Waals surface area (Å²) < 4.78 is 10.5. The van der Waals surface area contributed by atoms with E-state index in [0.717, 1.165) is 0 Å². The molecule has 0 amide bonds. The smallest absolute Gasteiger partial charge is 0.0720 e. The van der Waals surface area contributed by atoms with Crippen LogP contribution in [0, 0.1) is 0 Å². The topological polar surface area (TPSA) is 18.5 Å². The molecule has 2 heteroatoms. The minimum Gasteiger partial charge on any atom is -0.382 e. The van der Waals surface area contributed by atoms with Gasteiger partial charge in [0.05, 0.1) is 19.8 Å². The zero-order valence-corrected chi connectivity index (χ0v) is 9.82. The number of rotatable bonds is 6. The van der Waals surface area contributed by atoms with Crippen molar-refractivity contribution in [2.45, 2.75) is 26.4 Å². The third kappa shape index (κ3) is 4.02. The maximum atomic E-state index is 5.53. The van der Waals surface area contributed by atoms with E-state index in [0.29, 0.717) is 25.7 Å². The lowest BCUT2D eigenvalue weighted by molar-refractivity contribution is 0.0613. The molecule has 0 aliphatic heterocycles. The molecule has 84 valence electrons. The highest BCUT2D eigenvalue weighted by Gasteiger charge is 2.04. The van der Waals surface area contributed by atoms with Crippen LogP contribution in [0.25, 0.3) is 0 Å². The fourth-order valence-corrected chi connectivity index (χ4v) is 1.55. The summed E-state index contributed by atoms with van der Waals surface area (Å²) in [5, 5.41) is 0. The van der Waals surface area contributed by atoms with Gasteiger partial charge < -0.3 is 9.47 Å². The average molecular weight is 208 g/mol. The van der Waals surface area contributed by atoms with Gasteiger partial charge in [0.1, 0.15) is 0 Å². The summed E-state index contributed by atoms with van der Waals surface area (Å²) in [7, 11) is 1.69. The van der Waals surface area contributed by atoms with Gasteiger partial charge in [0.25, 0.3) is 0 Å². The molecule has 0 fully saturated rings. The molecule has 1 rings (SSSR count). The molecule has 2 nitrogen and oxygen atoms in total. The summed E-state index contributed by atoms with van der Waals surface area (Å²) >= 11 is 0. The van der Waals surface area contributed by atoms with Crippen molar-refractivity contribution >= 4 is 0 Å². The summed E-state index contributed by atoms with van der Waals surface area (Å²) in [5.41, 5.74) is 2.65. The van der Waals surface area contributed by atoms with E-state index in [1.807, 2.05) is 0 Å². The number of hydrogen-bond donors (Lipinski definition) is 0. The lowest BCUT2D eigenvalue weighted by Gasteiger charge is -2.12. The van der Waals surface area contributed by atoms with Gasteiger partial charge in [-0.25, -0.2) is 0 Å². The number of methoxy groups -OCH3 is 1. The maximum Gasteiger partial charge on any atom is 0.0720 e. The molecule has 0 saturated carbocycles. The summed E-state index contributed by atoms with van der Waals surface area (Å²) in [6.07, 6.45) is 0. The molecule has 0 unspecified atom stereocenters. The lowest BCUT2D eigenvalue weighted by Crippen LogP contribution is -2.04. The molecule has 1 aromatic carbocycles. The van der Waals surface area contributed by atoms with Crippen molar-refractivity contribution in [1.29, 1.82) is 0 Å². The van der Waals surface area contributed by atoms with Gasteiger partial charge in [-0.2, -0.15) is 0 Å². The van der Waals surface area contributed by atoms with Gasteiger partial charge in [-0.05, 0) is 17.0 Å². The Bertz CT molecular complexity index is 282. The fourth-order valence-electron chi connectivity index (χ4n) is 1.55. The van der Waals surface area contributed by atoms with Gasteiger partial charge in [-0.1, -0.05) is 38.1 Å². The molecule has 0 heterocycles. The highest BCUT2D eigenvalue weighted by molar-refractivity contribution is 5.28. The van der Waals surface area contributed by atoms with Crippen LogP contribution in [0.3, 0.4) is 0 Å². The summed E-state index contributed by atoms with van der Waals surface area (Å²) in [6, 6.07) is 8.43. The van der Waals surface area contributed by atoms with Crippen LogP contribution in [0.15, 0.2) is 24.3 Å². The Hall–Kier alpha value is -0.860.